The molecule has 8 nitrogen and oxygen atoms in total. The van der Waals surface area contributed by atoms with E-state index in [1.165, 1.54) is 0 Å². The predicted molar refractivity (Wildman–Crippen MR) is 167 cm³/mol. The van der Waals surface area contributed by atoms with Crippen LogP contribution in [-0.4, -0.2) is 90.7 Å². The number of benzene rings is 2. The number of hydrogen-bond donors (Lipinski definition) is 0. The smallest absolute Gasteiger partial charge is 0.429 e. The van der Waals surface area contributed by atoms with Crippen LogP contribution in [0.4, 0.5) is 0 Å². The molecule has 0 radical (unpaired) electrons. The Morgan fingerprint density at radius 2 is 1.12 bits per heavy atom. The average molecular weight is 621 g/mol. The molecule has 2 aliphatic rings. The summed E-state index contributed by atoms with van der Waals surface area (Å²) in [6.45, 7) is 13.7. The van der Waals surface area contributed by atoms with E-state index in [9.17, 15) is 0 Å². The van der Waals surface area contributed by atoms with Gasteiger partial charge in [-0.1, -0.05) is 60.7 Å². The van der Waals surface area contributed by atoms with E-state index in [4.69, 9.17) is 36.0 Å². The molecule has 0 amide bonds. The lowest BCUT2D eigenvalue weighted by Crippen LogP contribution is -2.72. The van der Waals surface area contributed by atoms with Crippen LogP contribution in [0.5, 0.6) is 0 Å². The Balaban J connectivity index is 1.64. The molecular formula is C30H48O8Si3. The van der Waals surface area contributed by atoms with Gasteiger partial charge in [-0.05, 0) is 55.7 Å². The maximum atomic E-state index is 7.64. The van der Waals surface area contributed by atoms with Crippen molar-refractivity contribution in [2.75, 3.05) is 52.9 Å². The Morgan fingerprint density at radius 3 is 1.51 bits per heavy atom. The van der Waals surface area contributed by atoms with Crippen LogP contribution in [0.3, 0.4) is 0 Å². The molecule has 0 aromatic heterocycles. The third-order valence-corrected chi connectivity index (χ3v) is 19.6. The van der Waals surface area contributed by atoms with Gasteiger partial charge in [0.2, 0.25) is 0 Å². The van der Waals surface area contributed by atoms with Crippen LogP contribution in [0.1, 0.15) is 26.7 Å². The molecule has 0 aliphatic carbocycles. The summed E-state index contributed by atoms with van der Waals surface area (Å²) in [5, 5.41) is 2.12. The van der Waals surface area contributed by atoms with Crippen molar-refractivity contribution in [2.45, 2.75) is 64.1 Å². The van der Waals surface area contributed by atoms with Crippen LogP contribution < -0.4 is 10.4 Å². The first-order chi connectivity index (χ1) is 19.9. The van der Waals surface area contributed by atoms with Crippen molar-refractivity contribution >= 4 is 36.1 Å². The van der Waals surface area contributed by atoms with Gasteiger partial charge in [0.1, 0.15) is 12.2 Å². The van der Waals surface area contributed by atoms with E-state index in [-0.39, 0.29) is 12.2 Å². The average Bonchev–Trinajstić information content (AvgIpc) is 3.90. The number of hydrogen-bond acceptors (Lipinski definition) is 8. The van der Waals surface area contributed by atoms with Gasteiger partial charge in [0.15, 0.2) is 8.32 Å². The second-order valence-corrected chi connectivity index (χ2v) is 21.2. The molecule has 2 aromatic rings. The van der Waals surface area contributed by atoms with Crippen molar-refractivity contribution < 1.29 is 36.0 Å². The van der Waals surface area contributed by atoms with Crippen LogP contribution in [0.2, 0.25) is 25.2 Å². The van der Waals surface area contributed by atoms with E-state index in [0.717, 1.165) is 48.5 Å². The fourth-order valence-corrected chi connectivity index (χ4v) is 18.4. The first-order valence-corrected chi connectivity index (χ1v) is 21.9. The molecule has 0 saturated carbocycles. The van der Waals surface area contributed by atoms with E-state index in [0.29, 0.717) is 39.6 Å². The largest absolute Gasteiger partial charge is 0.489 e. The number of epoxide rings is 2. The fourth-order valence-electron chi connectivity index (χ4n) is 5.05. The Labute approximate surface area is 249 Å². The summed E-state index contributed by atoms with van der Waals surface area (Å²) >= 11 is 0. The summed E-state index contributed by atoms with van der Waals surface area (Å²) in [5.74, 6) is 0. The molecule has 11 heteroatoms. The van der Waals surface area contributed by atoms with Gasteiger partial charge in [-0.2, -0.15) is 0 Å². The summed E-state index contributed by atoms with van der Waals surface area (Å²) in [4.78, 5) is 0. The molecule has 2 heterocycles. The van der Waals surface area contributed by atoms with E-state index >= 15 is 0 Å². The van der Waals surface area contributed by atoms with Crippen molar-refractivity contribution in [2.24, 2.45) is 0 Å². The van der Waals surface area contributed by atoms with E-state index in [2.05, 4.69) is 55.1 Å². The Morgan fingerprint density at radius 1 is 0.683 bits per heavy atom. The highest BCUT2D eigenvalue weighted by atomic mass is 28.5. The Hall–Kier alpha value is -1.23. The summed E-state index contributed by atoms with van der Waals surface area (Å²) in [5.41, 5.74) is 0. The molecule has 4 rings (SSSR count). The van der Waals surface area contributed by atoms with Gasteiger partial charge in [-0.25, -0.2) is 0 Å². The summed E-state index contributed by atoms with van der Waals surface area (Å²) in [7, 11) is -8.76. The molecule has 228 valence electrons. The number of ether oxygens (including phenoxy) is 4. The molecule has 2 atom stereocenters. The predicted octanol–water partition coefficient (Wildman–Crippen LogP) is 4.10. The molecular weight excluding hydrogens is 573 g/mol. The molecule has 0 spiro atoms. The lowest BCUT2D eigenvalue weighted by molar-refractivity contribution is 0.111. The summed E-state index contributed by atoms with van der Waals surface area (Å²) in [6.07, 6.45) is 2.39. The quantitative estimate of drug-likeness (QED) is 0.111. The van der Waals surface area contributed by atoms with Gasteiger partial charge in [0, 0.05) is 33.0 Å². The lowest BCUT2D eigenvalue weighted by Gasteiger charge is -2.43. The minimum Gasteiger partial charge on any atom is -0.429 e. The second kappa shape index (κ2) is 16.0. The van der Waals surface area contributed by atoms with Crippen molar-refractivity contribution in [3.8, 4) is 0 Å². The lowest BCUT2D eigenvalue weighted by atomic mass is 10.4. The van der Waals surface area contributed by atoms with Crippen molar-refractivity contribution in [1.29, 1.82) is 0 Å². The van der Waals surface area contributed by atoms with Gasteiger partial charge >= 0.3 is 17.4 Å². The van der Waals surface area contributed by atoms with Crippen molar-refractivity contribution in [3.63, 3.8) is 0 Å². The standard InChI is InChI=1S/C30H48O8Si3/c1-5-35-40(4,36-6-2)38-41(29-15-9-7-10-16-29,30-17-11-8-12-18-30)37-39(3,21-13-19-31-23-27-25-33-27)22-14-20-32-24-28-26-34-28/h7-12,15-18,27-28H,5-6,13-14,19-26H2,1-4H3. The third kappa shape index (κ3) is 10.5. The first kappa shape index (κ1) is 32.7. The molecule has 2 unspecified atom stereocenters. The minimum atomic E-state index is -3.29. The summed E-state index contributed by atoms with van der Waals surface area (Å²) in [6, 6.07) is 22.8. The molecule has 2 aliphatic heterocycles. The maximum Gasteiger partial charge on any atom is 0.489 e. The zero-order chi connectivity index (χ0) is 29.0. The molecule has 2 aromatic carbocycles. The zero-order valence-corrected chi connectivity index (χ0v) is 28.2. The van der Waals surface area contributed by atoms with E-state index in [1.807, 2.05) is 32.5 Å². The Bertz CT molecular complexity index is 940. The van der Waals surface area contributed by atoms with Crippen LogP contribution in [-0.2, 0) is 36.0 Å². The highest BCUT2D eigenvalue weighted by molar-refractivity contribution is 7.01. The van der Waals surface area contributed by atoms with E-state index in [1.54, 1.807) is 0 Å². The van der Waals surface area contributed by atoms with Crippen LogP contribution >= 0.6 is 0 Å². The monoisotopic (exact) mass is 620 g/mol. The van der Waals surface area contributed by atoms with Crippen LogP contribution in [0.15, 0.2) is 60.7 Å². The van der Waals surface area contributed by atoms with Gasteiger partial charge in [0.05, 0.1) is 26.4 Å². The van der Waals surface area contributed by atoms with Gasteiger partial charge in [-0.3, -0.25) is 0 Å². The fraction of sp³-hybridized carbons (Fsp3) is 0.600. The maximum absolute atomic E-state index is 7.64. The van der Waals surface area contributed by atoms with Crippen LogP contribution in [0, 0.1) is 0 Å². The minimum absolute atomic E-state index is 0.270. The molecule has 0 N–H and O–H groups in total. The van der Waals surface area contributed by atoms with Gasteiger partial charge in [-0.15, -0.1) is 0 Å². The van der Waals surface area contributed by atoms with Gasteiger partial charge < -0.3 is 36.0 Å². The first-order valence-electron chi connectivity index (χ1n) is 15.1. The molecule has 2 saturated heterocycles. The second-order valence-electron chi connectivity index (χ2n) is 11.0. The molecule has 0 bridgehead atoms. The van der Waals surface area contributed by atoms with Gasteiger partial charge in [0.25, 0.3) is 0 Å². The third-order valence-electron chi connectivity index (χ3n) is 7.24. The highest BCUT2D eigenvalue weighted by Crippen LogP contribution is 2.29. The van der Waals surface area contributed by atoms with Crippen LogP contribution in [0.25, 0.3) is 0 Å². The van der Waals surface area contributed by atoms with E-state index < -0.39 is 25.7 Å². The highest BCUT2D eigenvalue weighted by Gasteiger charge is 2.54. The Kier molecular flexibility index (Phi) is 12.8. The van der Waals surface area contributed by atoms with Crippen molar-refractivity contribution in [1.82, 2.24) is 0 Å². The zero-order valence-electron chi connectivity index (χ0n) is 25.2. The summed E-state index contributed by atoms with van der Waals surface area (Å²) < 4.78 is 49.9. The molecule has 2 fully saturated rings. The number of rotatable bonds is 22. The molecule has 41 heavy (non-hydrogen) atoms. The SMILES string of the molecule is CCO[Si](C)(OCC)O[Si](O[Si](C)(CCCOCC1CO1)CCCOCC1CO1)(c1ccccc1)c1ccccc1. The van der Waals surface area contributed by atoms with Crippen molar-refractivity contribution in [3.05, 3.63) is 60.7 Å². The normalized spacial score (nSPS) is 20.1. The topological polar surface area (TPSA) is 80.4 Å².